The molecule has 0 saturated carbocycles. The lowest BCUT2D eigenvalue weighted by Crippen LogP contribution is -2.50. The molecule has 3 rings (SSSR count). The molecule has 0 bridgehead atoms. The fourth-order valence-electron chi connectivity index (χ4n) is 3.52. The summed E-state index contributed by atoms with van der Waals surface area (Å²) in [6.07, 6.45) is 3.11. The largest absolute Gasteiger partial charge is 0.348 e. The molecule has 1 aromatic heterocycles. The summed E-state index contributed by atoms with van der Waals surface area (Å²) in [4.78, 5) is 29.8. The minimum absolute atomic E-state index is 0.0129. The van der Waals surface area contributed by atoms with Crippen molar-refractivity contribution in [2.24, 2.45) is 5.92 Å². The van der Waals surface area contributed by atoms with E-state index in [4.69, 9.17) is 0 Å². The maximum atomic E-state index is 13.0. The van der Waals surface area contributed by atoms with Crippen LogP contribution < -0.4 is 10.6 Å². The van der Waals surface area contributed by atoms with E-state index >= 15 is 0 Å². The molecule has 0 radical (unpaired) electrons. The predicted molar refractivity (Wildman–Crippen MR) is 129 cm³/mol. The average molecular weight is 448 g/mol. The van der Waals surface area contributed by atoms with Crippen molar-refractivity contribution in [2.75, 3.05) is 0 Å². The van der Waals surface area contributed by atoms with Gasteiger partial charge >= 0.3 is 0 Å². The molecular weight excluding hydrogens is 414 g/mol. The average Bonchev–Trinajstić information content (AvgIpc) is 3.31. The Bertz CT molecular complexity index is 1070. The van der Waals surface area contributed by atoms with Gasteiger partial charge in [0.25, 0.3) is 5.91 Å². The first-order chi connectivity index (χ1) is 15.6. The van der Waals surface area contributed by atoms with Gasteiger partial charge in [0.2, 0.25) is 5.91 Å². The number of carbonyl (C=O) groups is 2. The predicted octanol–water partition coefficient (Wildman–Crippen LogP) is 4.20. The number of carbonyl (C=O) groups excluding carboxylic acids is 2. The van der Waals surface area contributed by atoms with Crippen molar-refractivity contribution >= 4 is 11.8 Å². The molecule has 0 aliphatic heterocycles. The highest BCUT2D eigenvalue weighted by atomic mass is 16.2. The maximum absolute atomic E-state index is 13.0. The molecule has 1 heterocycles. The zero-order chi connectivity index (χ0) is 24.2. The van der Waals surface area contributed by atoms with E-state index in [1.165, 1.54) is 6.33 Å². The zero-order valence-electron chi connectivity index (χ0n) is 20.2. The van der Waals surface area contributed by atoms with Crippen LogP contribution in [-0.4, -0.2) is 32.6 Å². The van der Waals surface area contributed by atoms with Gasteiger partial charge in [-0.15, -0.1) is 0 Å². The molecule has 2 aromatic carbocycles. The van der Waals surface area contributed by atoms with Crippen LogP contribution in [0.25, 0.3) is 5.69 Å². The molecule has 0 aliphatic rings. The highest BCUT2D eigenvalue weighted by molar-refractivity contribution is 5.97. The Hall–Kier alpha value is -3.48. The number of nitrogens with one attached hydrogen (secondary N) is 2. The van der Waals surface area contributed by atoms with E-state index in [0.29, 0.717) is 5.56 Å². The summed E-state index contributed by atoms with van der Waals surface area (Å²) in [5.41, 5.74) is 3.55. The van der Waals surface area contributed by atoms with E-state index in [1.807, 2.05) is 69.3 Å². The summed E-state index contributed by atoms with van der Waals surface area (Å²) < 4.78 is 1.67. The molecule has 7 nitrogen and oxygen atoms in total. The molecule has 0 aliphatic carbocycles. The smallest absolute Gasteiger partial charge is 0.251 e. The molecule has 2 atom stereocenters. The highest BCUT2D eigenvalue weighted by Crippen LogP contribution is 2.22. The second kappa shape index (κ2) is 9.98. The molecule has 174 valence electrons. The fourth-order valence-corrected chi connectivity index (χ4v) is 3.52. The van der Waals surface area contributed by atoms with Gasteiger partial charge in [-0.05, 0) is 53.6 Å². The zero-order valence-corrected chi connectivity index (χ0v) is 20.2. The van der Waals surface area contributed by atoms with E-state index in [1.54, 1.807) is 11.0 Å². The van der Waals surface area contributed by atoms with Crippen molar-refractivity contribution in [3.05, 3.63) is 77.9 Å². The molecule has 2 amide bonds. The Morgan fingerprint density at radius 3 is 2.06 bits per heavy atom. The monoisotopic (exact) mass is 447 g/mol. The van der Waals surface area contributed by atoms with Crippen LogP contribution in [0.5, 0.6) is 0 Å². The van der Waals surface area contributed by atoms with Crippen molar-refractivity contribution in [1.82, 2.24) is 25.4 Å². The van der Waals surface area contributed by atoms with E-state index in [9.17, 15) is 9.59 Å². The number of hydrogen-bond acceptors (Lipinski definition) is 4. The van der Waals surface area contributed by atoms with Crippen LogP contribution in [0.2, 0.25) is 0 Å². The maximum Gasteiger partial charge on any atom is 0.251 e. The number of amides is 2. The molecule has 0 fully saturated rings. The van der Waals surface area contributed by atoms with Crippen molar-refractivity contribution < 1.29 is 9.59 Å². The molecule has 0 saturated heterocycles. The Morgan fingerprint density at radius 2 is 1.55 bits per heavy atom. The normalized spacial score (nSPS) is 13.4. The van der Waals surface area contributed by atoms with Crippen LogP contribution in [-0.2, 0) is 10.2 Å². The minimum Gasteiger partial charge on any atom is -0.348 e. The van der Waals surface area contributed by atoms with Crippen molar-refractivity contribution in [3.63, 3.8) is 0 Å². The standard InChI is InChI=1S/C26H33N5O2/c1-17(2)23(30-24(32)20-7-11-21(12-8-20)26(4,5)6)25(33)29-18(3)19-9-13-22(14-10-19)31-16-27-15-28-31/h7-18,23H,1-6H3,(H,29,33)(H,30,32)/t18?,23-/m0/s1. The summed E-state index contributed by atoms with van der Waals surface area (Å²) in [6, 6.07) is 14.4. The van der Waals surface area contributed by atoms with E-state index in [0.717, 1.165) is 16.8 Å². The highest BCUT2D eigenvalue weighted by Gasteiger charge is 2.26. The molecule has 3 aromatic rings. The lowest BCUT2D eigenvalue weighted by atomic mass is 9.86. The van der Waals surface area contributed by atoms with Gasteiger partial charge in [-0.25, -0.2) is 9.67 Å². The molecule has 0 spiro atoms. The van der Waals surface area contributed by atoms with Gasteiger partial charge < -0.3 is 10.6 Å². The summed E-state index contributed by atoms with van der Waals surface area (Å²) in [6.45, 7) is 12.2. The molecule has 1 unspecified atom stereocenters. The number of aromatic nitrogens is 3. The molecule has 33 heavy (non-hydrogen) atoms. The van der Waals surface area contributed by atoms with Gasteiger partial charge in [0.05, 0.1) is 11.7 Å². The number of benzene rings is 2. The van der Waals surface area contributed by atoms with Crippen LogP contribution in [0.15, 0.2) is 61.2 Å². The van der Waals surface area contributed by atoms with Gasteiger partial charge in [-0.3, -0.25) is 9.59 Å². The van der Waals surface area contributed by atoms with Crippen molar-refractivity contribution in [1.29, 1.82) is 0 Å². The van der Waals surface area contributed by atoms with Gasteiger partial charge in [0.1, 0.15) is 18.7 Å². The van der Waals surface area contributed by atoms with E-state index < -0.39 is 6.04 Å². The lowest BCUT2D eigenvalue weighted by molar-refractivity contribution is -0.124. The summed E-state index contributed by atoms with van der Waals surface area (Å²) in [5, 5.41) is 10.1. The summed E-state index contributed by atoms with van der Waals surface area (Å²) in [7, 11) is 0. The SMILES string of the molecule is CC(NC(=O)[C@@H](NC(=O)c1ccc(C(C)(C)C)cc1)C(C)C)c1ccc(-n2cncn2)cc1. The Balaban J connectivity index is 1.65. The fraction of sp³-hybridized carbons (Fsp3) is 0.385. The Kier molecular flexibility index (Phi) is 7.31. The van der Waals surface area contributed by atoms with Gasteiger partial charge in [-0.2, -0.15) is 5.10 Å². The summed E-state index contributed by atoms with van der Waals surface area (Å²) in [5.74, 6) is -0.531. The third kappa shape index (κ3) is 6.06. The van der Waals surface area contributed by atoms with E-state index in [2.05, 4.69) is 41.5 Å². The van der Waals surface area contributed by atoms with Crippen molar-refractivity contribution in [2.45, 2.75) is 59.0 Å². The van der Waals surface area contributed by atoms with Crippen LogP contribution in [0.3, 0.4) is 0 Å². The van der Waals surface area contributed by atoms with Crippen molar-refractivity contribution in [3.8, 4) is 5.69 Å². The van der Waals surface area contributed by atoms with Crippen LogP contribution in [0.1, 0.15) is 69.1 Å². The number of rotatable bonds is 7. The number of hydrogen-bond donors (Lipinski definition) is 2. The van der Waals surface area contributed by atoms with Gasteiger partial charge in [-0.1, -0.05) is 58.9 Å². The lowest BCUT2D eigenvalue weighted by Gasteiger charge is -2.24. The molecule has 7 heteroatoms. The quantitative estimate of drug-likeness (QED) is 0.568. The Morgan fingerprint density at radius 1 is 0.909 bits per heavy atom. The van der Waals surface area contributed by atoms with E-state index in [-0.39, 0.29) is 29.2 Å². The third-order valence-electron chi connectivity index (χ3n) is 5.68. The Labute approximate surface area is 195 Å². The third-order valence-corrected chi connectivity index (χ3v) is 5.68. The molecular formula is C26H33N5O2. The second-order valence-electron chi connectivity index (χ2n) is 9.68. The second-order valence-corrected chi connectivity index (χ2v) is 9.68. The summed E-state index contributed by atoms with van der Waals surface area (Å²) >= 11 is 0. The van der Waals surface area contributed by atoms with Crippen LogP contribution in [0, 0.1) is 5.92 Å². The first kappa shape index (κ1) is 24.2. The topological polar surface area (TPSA) is 88.9 Å². The van der Waals surface area contributed by atoms with Gasteiger partial charge in [0, 0.05) is 5.56 Å². The van der Waals surface area contributed by atoms with Crippen LogP contribution >= 0.6 is 0 Å². The van der Waals surface area contributed by atoms with Gasteiger partial charge in [0.15, 0.2) is 0 Å². The van der Waals surface area contributed by atoms with Crippen LogP contribution in [0.4, 0.5) is 0 Å². The first-order valence-electron chi connectivity index (χ1n) is 11.2. The minimum atomic E-state index is -0.642. The first-order valence-corrected chi connectivity index (χ1v) is 11.2. The number of nitrogens with zero attached hydrogens (tertiary/aromatic N) is 3. The molecule has 2 N–H and O–H groups in total.